The first-order valence-electron chi connectivity index (χ1n) is 6.83. The largest absolute Gasteiger partial charge is 0.476 e. The molecule has 0 aromatic carbocycles. The van der Waals surface area contributed by atoms with E-state index in [4.69, 9.17) is 5.11 Å². The predicted molar refractivity (Wildman–Crippen MR) is 78.8 cm³/mol. The summed E-state index contributed by atoms with van der Waals surface area (Å²) >= 11 is 1.53. The first-order chi connectivity index (χ1) is 10.5. The van der Waals surface area contributed by atoms with Crippen molar-refractivity contribution in [2.45, 2.75) is 25.8 Å². The van der Waals surface area contributed by atoms with Gasteiger partial charge in [-0.05, 0) is 25.7 Å². The van der Waals surface area contributed by atoms with Gasteiger partial charge < -0.3 is 10.4 Å². The lowest BCUT2D eigenvalue weighted by Gasteiger charge is -2.15. The van der Waals surface area contributed by atoms with Crippen LogP contribution in [0.2, 0.25) is 0 Å². The molecule has 0 saturated heterocycles. The number of carboxylic acids is 1. The number of carbonyl (C=O) groups is 2. The molecule has 114 valence electrons. The highest BCUT2D eigenvalue weighted by Gasteiger charge is 2.35. The Labute approximate surface area is 130 Å². The lowest BCUT2D eigenvalue weighted by atomic mass is 10.2. The van der Waals surface area contributed by atoms with E-state index in [1.54, 1.807) is 0 Å². The fourth-order valence-corrected chi connectivity index (χ4v) is 3.04. The predicted octanol–water partition coefficient (Wildman–Crippen LogP) is 1.82. The van der Waals surface area contributed by atoms with Crippen LogP contribution < -0.4 is 5.32 Å². The van der Waals surface area contributed by atoms with Crippen LogP contribution in [0.3, 0.4) is 0 Å². The van der Waals surface area contributed by atoms with Crippen LogP contribution in [0, 0.1) is 12.8 Å². The molecule has 0 bridgehead atoms. The summed E-state index contributed by atoms with van der Waals surface area (Å²) in [5.41, 5.74) is 0.847. The highest BCUT2D eigenvalue weighted by Crippen LogP contribution is 2.41. The molecular weight excluding hydrogens is 304 g/mol. The van der Waals surface area contributed by atoms with E-state index in [-0.39, 0.29) is 23.3 Å². The molecule has 2 N–H and O–H groups in total. The lowest BCUT2D eigenvalue weighted by Crippen LogP contribution is -2.30. The first kappa shape index (κ1) is 14.6. The molecule has 0 radical (unpaired) electrons. The smallest absolute Gasteiger partial charge is 0.356 e. The van der Waals surface area contributed by atoms with E-state index in [0.29, 0.717) is 5.92 Å². The Bertz CT molecular complexity index is 709. The second kappa shape index (κ2) is 5.80. The number of aromatic carboxylic acids is 1. The molecule has 0 aliphatic heterocycles. The molecule has 8 heteroatoms. The van der Waals surface area contributed by atoms with Gasteiger partial charge in [0.2, 0.25) is 0 Å². The number of aryl methyl sites for hydroxylation is 1. The van der Waals surface area contributed by atoms with Gasteiger partial charge in [-0.1, -0.05) is 0 Å². The molecule has 1 atom stereocenters. The van der Waals surface area contributed by atoms with Gasteiger partial charge >= 0.3 is 5.97 Å². The van der Waals surface area contributed by atoms with Gasteiger partial charge in [-0.25, -0.2) is 19.7 Å². The molecule has 1 unspecified atom stereocenters. The quantitative estimate of drug-likeness (QED) is 0.871. The number of hydrogen-bond acceptors (Lipinski definition) is 6. The third-order valence-corrected chi connectivity index (χ3v) is 4.43. The lowest BCUT2D eigenvalue weighted by molar-refractivity contribution is 0.0689. The van der Waals surface area contributed by atoms with E-state index in [1.807, 2.05) is 12.3 Å². The first-order valence-corrected chi connectivity index (χ1v) is 7.71. The van der Waals surface area contributed by atoms with Gasteiger partial charge in [0.15, 0.2) is 5.69 Å². The Balaban J connectivity index is 1.75. The number of hydrogen-bond donors (Lipinski definition) is 2. The monoisotopic (exact) mass is 318 g/mol. The van der Waals surface area contributed by atoms with Crippen LogP contribution in [0.4, 0.5) is 0 Å². The second-order valence-electron chi connectivity index (χ2n) is 5.21. The zero-order valence-corrected chi connectivity index (χ0v) is 12.6. The van der Waals surface area contributed by atoms with Crippen LogP contribution in [0.15, 0.2) is 17.8 Å². The molecule has 3 rings (SSSR count). The zero-order chi connectivity index (χ0) is 15.7. The summed E-state index contributed by atoms with van der Waals surface area (Å²) in [5, 5.41) is 14.6. The third kappa shape index (κ3) is 3.11. The van der Waals surface area contributed by atoms with Gasteiger partial charge in [0, 0.05) is 11.1 Å². The van der Waals surface area contributed by atoms with E-state index in [9.17, 15) is 9.59 Å². The average molecular weight is 318 g/mol. The summed E-state index contributed by atoms with van der Waals surface area (Å²) in [6, 6.07) is -0.118. The van der Waals surface area contributed by atoms with Crippen molar-refractivity contribution in [1.29, 1.82) is 0 Å². The van der Waals surface area contributed by atoms with E-state index in [0.717, 1.165) is 29.7 Å². The van der Waals surface area contributed by atoms with Gasteiger partial charge in [-0.15, -0.1) is 11.3 Å². The van der Waals surface area contributed by atoms with Crippen LogP contribution in [-0.2, 0) is 0 Å². The molecule has 1 saturated carbocycles. The van der Waals surface area contributed by atoms with Crippen LogP contribution in [0.25, 0.3) is 0 Å². The Kier molecular flexibility index (Phi) is 3.84. The number of nitrogens with zero attached hydrogens (tertiary/aromatic N) is 3. The number of nitrogens with one attached hydrogen (secondary N) is 1. The van der Waals surface area contributed by atoms with Gasteiger partial charge in [0.25, 0.3) is 5.91 Å². The standard InChI is InChI=1S/C14H14N4O3S/c1-7-6-22-13(17-7)11(8-2-3-8)18-12(19)9-4-16-10(5-15-9)14(20)21/h4-6,8,11H,2-3H2,1H3,(H,18,19)(H,20,21). The number of carboxylic acid groups (broad SMARTS) is 1. The maximum absolute atomic E-state index is 12.3. The minimum atomic E-state index is -1.17. The van der Waals surface area contributed by atoms with Gasteiger partial charge in [-0.2, -0.15) is 0 Å². The molecule has 1 aliphatic carbocycles. The van der Waals surface area contributed by atoms with Crippen molar-refractivity contribution in [3.63, 3.8) is 0 Å². The maximum atomic E-state index is 12.3. The summed E-state index contributed by atoms with van der Waals surface area (Å²) < 4.78 is 0. The number of thiazole rings is 1. The highest BCUT2D eigenvalue weighted by molar-refractivity contribution is 7.09. The van der Waals surface area contributed by atoms with Gasteiger partial charge in [-0.3, -0.25) is 4.79 Å². The summed E-state index contributed by atoms with van der Waals surface area (Å²) in [5.74, 6) is -1.14. The molecule has 1 fully saturated rings. The van der Waals surface area contributed by atoms with E-state index >= 15 is 0 Å². The molecule has 0 spiro atoms. The van der Waals surface area contributed by atoms with E-state index < -0.39 is 5.97 Å². The number of aromatic nitrogens is 3. The fraction of sp³-hybridized carbons (Fsp3) is 0.357. The molecular formula is C14H14N4O3S. The molecule has 2 aromatic rings. The minimum Gasteiger partial charge on any atom is -0.476 e. The van der Waals surface area contributed by atoms with E-state index in [1.165, 1.54) is 17.5 Å². The summed E-state index contributed by atoms with van der Waals surface area (Å²) in [6.07, 6.45) is 4.38. The van der Waals surface area contributed by atoms with Crippen molar-refractivity contribution in [2.24, 2.45) is 5.92 Å². The molecule has 7 nitrogen and oxygen atoms in total. The minimum absolute atomic E-state index is 0.101. The fourth-order valence-electron chi connectivity index (χ4n) is 2.10. The van der Waals surface area contributed by atoms with E-state index in [2.05, 4.69) is 20.3 Å². The summed E-state index contributed by atoms with van der Waals surface area (Å²) in [4.78, 5) is 35.0. The van der Waals surface area contributed by atoms with Crippen LogP contribution in [0.1, 0.15) is 50.6 Å². The molecule has 1 amide bonds. The second-order valence-corrected chi connectivity index (χ2v) is 6.10. The van der Waals surface area contributed by atoms with Crippen molar-refractivity contribution in [3.8, 4) is 0 Å². The van der Waals surface area contributed by atoms with Gasteiger partial charge in [0.05, 0.1) is 18.4 Å². The van der Waals surface area contributed by atoms with Gasteiger partial charge in [0.1, 0.15) is 10.7 Å². The van der Waals surface area contributed by atoms with Crippen molar-refractivity contribution >= 4 is 23.2 Å². The van der Waals surface area contributed by atoms with Crippen molar-refractivity contribution in [2.75, 3.05) is 0 Å². The topological polar surface area (TPSA) is 105 Å². The molecule has 1 aliphatic rings. The van der Waals surface area contributed by atoms with Crippen molar-refractivity contribution in [1.82, 2.24) is 20.3 Å². The van der Waals surface area contributed by atoms with Crippen LogP contribution in [0.5, 0.6) is 0 Å². The molecule has 22 heavy (non-hydrogen) atoms. The number of carbonyl (C=O) groups excluding carboxylic acids is 1. The summed E-state index contributed by atoms with van der Waals surface area (Å²) in [6.45, 7) is 1.92. The van der Waals surface area contributed by atoms with Crippen LogP contribution in [-0.4, -0.2) is 31.9 Å². The normalized spacial score (nSPS) is 15.3. The SMILES string of the molecule is Cc1csc(C(NC(=O)c2cnc(C(=O)O)cn2)C2CC2)n1. The highest BCUT2D eigenvalue weighted by atomic mass is 32.1. The van der Waals surface area contributed by atoms with Crippen molar-refractivity contribution < 1.29 is 14.7 Å². The Morgan fingerprint density at radius 3 is 2.50 bits per heavy atom. The van der Waals surface area contributed by atoms with Crippen LogP contribution >= 0.6 is 11.3 Å². The number of amides is 1. The molecule has 2 heterocycles. The Hall–Kier alpha value is -2.35. The summed E-state index contributed by atoms with van der Waals surface area (Å²) in [7, 11) is 0. The number of rotatable bonds is 5. The molecule has 2 aromatic heterocycles. The Morgan fingerprint density at radius 2 is 2.00 bits per heavy atom. The average Bonchev–Trinajstić information content (AvgIpc) is 3.26. The maximum Gasteiger partial charge on any atom is 0.356 e. The zero-order valence-electron chi connectivity index (χ0n) is 11.8. The Morgan fingerprint density at radius 1 is 1.32 bits per heavy atom. The van der Waals surface area contributed by atoms with Crippen molar-refractivity contribution in [3.05, 3.63) is 39.9 Å². The third-order valence-electron chi connectivity index (χ3n) is 3.39.